The van der Waals surface area contributed by atoms with Gasteiger partial charge in [-0.3, -0.25) is 9.55 Å². The number of phenols is 1. The van der Waals surface area contributed by atoms with E-state index in [1.165, 1.54) is 27.8 Å². The Kier molecular flexibility index (Phi) is 11.5. The molecular weight excluding hydrogens is 1020 g/mol. The van der Waals surface area contributed by atoms with Crippen molar-refractivity contribution in [1.29, 1.82) is 0 Å². The first-order valence-electron chi connectivity index (χ1n) is 23.6. The van der Waals surface area contributed by atoms with Crippen molar-refractivity contribution in [1.82, 2.24) is 14.5 Å². The molecule has 1 aliphatic carbocycles. The average molecular weight is 1080 g/mol. The third-order valence-corrected chi connectivity index (χ3v) is 14.4. The van der Waals surface area contributed by atoms with Crippen LogP contribution in [0.1, 0.15) is 76.3 Å². The standard InChI is InChI=1S/C64H54N3O.Pt/c1-62(2,3)48-36-44(35-45(37-48)56-38-43(33-34-65-56)41-29-31-47(32-30-41)63(4,5)46-21-12-9-13-22-46)50-25-18-28-58-60(50)66-61(67(58)57-27-17-15-23-49(57)42-19-10-8-11-20-42)53-39-52-51-24-14-16-26-54(51)64(6,7)55(52)40-59(53)68;/h8-34,36-40,68H,1-7H3;/q-1;. The number of hydrogen-bond donors (Lipinski definition) is 1. The molecule has 0 saturated heterocycles. The van der Waals surface area contributed by atoms with Crippen LogP contribution in [0.15, 0.2) is 194 Å². The SMILES string of the molecule is CC(C)(C)c1cc(-c2cc(-c3ccc(C(C)(C)c4ccccc4)cc3)ccn2)[c-]c(-c2cccc3c2nc(-c2cc4c(cc2O)C(C)(C)c2ccccc2-4)n3-c2ccccc2-c2ccccc2)c1.[Pt]. The Labute approximate surface area is 420 Å². The second-order valence-corrected chi connectivity index (χ2v) is 20.4. The van der Waals surface area contributed by atoms with Crippen LogP contribution in [0.2, 0.25) is 0 Å². The number of phenolic OH excluding ortho intramolecular Hbond substituents is 1. The van der Waals surface area contributed by atoms with Crippen LogP contribution < -0.4 is 0 Å². The van der Waals surface area contributed by atoms with Crippen molar-refractivity contribution in [3.05, 3.63) is 228 Å². The molecule has 0 amide bonds. The molecule has 2 aromatic heterocycles. The zero-order chi connectivity index (χ0) is 47.0. The molecule has 0 aliphatic heterocycles. The fourth-order valence-corrected chi connectivity index (χ4v) is 10.3. The topological polar surface area (TPSA) is 50.9 Å². The maximum absolute atomic E-state index is 12.2. The van der Waals surface area contributed by atoms with Crippen LogP contribution in [-0.4, -0.2) is 19.6 Å². The smallest absolute Gasteiger partial charge is 0.148 e. The number of rotatable bonds is 8. The van der Waals surface area contributed by atoms with Gasteiger partial charge in [-0.25, -0.2) is 4.98 Å². The number of pyridine rings is 1. The van der Waals surface area contributed by atoms with Gasteiger partial charge in [0, 0.05) is 49.3 Å². The van der Waals surface area contributed by atoms with Crippen LogP contribution >= 0.6 is 0 Å². The summed E-state index contributed by atoms with van der Waals surface area (Å²) in [6, 6.07) is 70.4. The first-order valence-corrected chi connectivity index (χ1v) is 23.6. The maximum atomic E-state index is 12.2. The Morgan fingerprint density at radius 1 is 0.507 bits per heavy atom. The third-order valence-electron chi connectivity index (χ3n) is 14.4. The monoisotopic (exact) mass is 1080 g/mol. The summed E-state index contributed by atoms with van der Waals surface area (Å²) >= 11 is 0. The minimum atomic E-state index is -0.264. The normalized spacial score (nSPS) is 12.9. The molecule has 0 radical (unpaired) electrons. The van der Waals surface area contributed by atoms with E-state index in [0.717, 1.165) is 72.5 Å². The van der Waals surface area contributed by atoms with E-state index >= 15 is 0 Å². The fourth-order valence-electron chi connectivity index (χ4n) is 10.3. The number of hydrogen-bond acceptors (Lipinski definition) is 3. The molecule has 2 heterocycles. The van der Waals surface area contributed by atoms with Gasteiger partial charge in [0.1, 0.15) is 11.6 Å². The molecule has 0 saturated carbocycles. The molecule has 8 aromatic carbocycles. The molecule has 4 nitrogen and oxygen atoms in total. The number of nitrogens with zero attached hydrogens (tertiary/aromatic N) is 3. The Morgan fingerprint density at radius 3 is 1.88 bits per heavy atom. The second-order valence-electron chi connectivity index (χ2n) is 20.4. The van der Waals surface area contributed by atoms with Gasteiger partial charge in [-0.05, 0) is 85.8 Å². The van der Waals surface area contributed by atoms with Gasteiger partial charge < -0.3 is 5.11 Å². The van der Waals surface area contributed by atoms with Crippen molar-refractivity contribution in [3.8, 4) is 78.6 Å². The van der Waals surface area contributed by atoms with Crippen LogP contribution in [-0.2, 0) is 37.3 Å². The molecule has 342 valence electrons. The van der Waals surface area contributed by atoms with Crippen LogP contribution in [0, 0.1) is 6.07 Å². The number of aromatic hydroxyl groups is 1. The van der Waals surface area contributed by atoms with Gasteiger partial charge in [-0.1, -0.05) is 205 Å². The Hall–Kier alpha value is -7.13. The van der Waals surface area contributed by atoms with Crippen LogP contribution in [0.3, 0.4) is 0 Å². The largest absolute Gasteiger partial charge is 0.507 e. The van der Waals surface area contributed by atoms with Crippen LogP contribution in [0.25, 0.3) is 83.9 Å². The van der Waals surface area contributed by atoms with Gasteiger partial charge in [-0.2, -0.15) is 0 Å². The summed E-state index contributed by atoms with van der Waals surface area (Å²) in [5.41, 5.74) is 19.2. The summed E-state index contributed by atoms with van der Waals surface area (Å²) in [4.78, 5) is 10.6. The van der Waals surface area contributed by atoms with E-state index < -0.39 is 0 Å². The Bertz CT molecular complexity index is 3540. The summed E-state index contributed by atoms with van der Waals surface area (Å²) in [6.07, 6.45) is 1.91. The van der Waals surface area contributed by atoms with Crippen molar-refractivity contribution >= 4 is 11.0 Å². The van der Waals surface area contributed by atoms with Gasteiger partial charge in [0.15, 0.2) is 0 Å². The third kappa shape index (κ3) is 7.95. The predicted octanol–water partition coefficient (Wildman–Crippen LogP) is 16.2. The molecule has 0 atom stereocenters. The minimum Gasteiger partial charge on any atom is -0.507 e. The number of para-hydroxylation sites is 2. The van der Waals surface area contributed by atoms with Crippen molar-refractivity contribution in [2.75, 3.05) is 0 Å². The van der Waals surface area contributed by atoms with Gasteiger partial charge in [0.2, 0.25) is 0 Å². The molecule has 0 fully saturated rings. The van der Waals surface area contributed by atoms with Gasteiger partial charge in [0.25, 0.3) is 0 Å². The van der Waals surface area contributed by atoms with Crippen LogP contribution in [0.4, 0.5) is 0 Å². The Balaban J connectivity index is 0.00000553. The average Bonchev–Trinajstić information content (AvgIpc) is 3.85. The first kappa shape index (κ1) is 45.6. The summed E-state index contributed by atoms with van der Waals surface area (Å²) in [5.74, 6) is 0.863. The molecule has 0 spiro atoms. The summed E-state index contributed by atoms with van der Waals surface area (Å²) < 4.78 is 2.24. The zero-order valence-corrected chi connectivity index (χ0v) is 42.4. The number of aromatic nitrogens is 3. The van der Waals surface area contributed by atoms with E-state index in [0.29, 0.717) is 11.4 Å². The minimum absolute atomic E-state index is 0. The van der Waals surface area contributed by atoms with E-state index in [-0.39, 0.29) is 43.1 Å². The quantitative estimate of drug-likeness (QED) is 0.154. The van der Waals surface area contributed by atoms with Crippen molar-refractivity contribution in [2.24, 2.45) is 0 Å². The van der Waals surface area contributed by atoms with E-state index in [9.17, 15) is 5.11 Å². The Morgan fingerprint density at radius 2 is 1.14 bits per heavy atom. The summed E-state index contributed by atoms with van der Waals surface area (Å²) in [5, 5.41) is 12.2. The number of imidazole rings is 1. The molecule has 69 heavy (non-hydrogen) atoms. The molecule has 0 bridgehead atoms. The van der Waals surface area contributed by atoms with Crippen molar-refractivity contribution in [2.45, 2.75) is 64.7 Å². The molecular formula is C64H54N3OPt-. The van der Waals surface area contributed by atoms with E-state index in [4.69, 9.17) is 9.97 Å². The second kappa shape index (κ2) is 17.4. The first-order chi connectivity index (χ1) is 32.8. The molecule has 1 aliphatic rings. The van der Waals surface area contributed by atoms with E-state index in [1.807, 2.05) is 18.3 Å². The van der Waals surface area contributed by atoms with Gasteiger partial charge in [0.05, 0.1) is 22.3 Å². The molecule has 11 rings (SSSR count). The predicted molar refractivity (Wildman–Crippen MR) is 281 cm³/mol. The van der Waals surface area contributed by atoms with Crippen molar-refractivity contribution < 1.29 is 26.2 Å². The molecule has 5 heteroatoms. The molecule has 0 unspecified atom stereocenters. The van der Waals surface area contributed by atoms with E-state index in [2.05, 4.69) is 235 Å². The molecule has 1 N–H and O–H groups in total. The fraction of sp³-hybridized carbons (Fsp3) is 0.156. The maximum Gasteiger partial charge on any atom is 0.148 e. The van der Waals surface area contributed by atoms with E-state index in [1.54, 1.807) is 0 Å². The van der Waals surface area contributed by atoms with Crippen LogP contribution in [0.5, 0.6) is 5.75 Å². The summed E-state index contributed by atoms with van der Waals surface area (Å²) in [6.45, 7) is 15.8. The summed E-state index contributed by atoms with van der Waals surface area (Å²) in [7, 11) is 0. The number of fused-ring (bicyclic) bond motifs is 4. The van der Waals surface area contributed by atoms with Crippen molar-refractivity contribution in [3.63, 3.8) is 0 Å². The molecule has 10 aromatic rings. The number of benzene rings is 8. The zero-order valence-electron chi connectivity index (χ0n) is 40.1. The van der Waals surface area contributed by atoms with Gasteiger partial charge in [-0.15, -0.1) is 29.3 Å². The van der Waals surface area contributed by atoms with Gasteiger partial charge >= 0.3 is 0 Å².